The number of rotatable bonds is 3. The molecule has 1 heterocycles. The van der Waals surface area contributed by atoms with E-state index in [1.807, 2.05) is 14.1 Å². The van der Waals surface area contributed by atoms with Crippen LogP contribution in [0.2, 0.25) is 0 Å². The Bertz CT molecular complexity index is 238. The highest BCUT2D eigenvalue weighted by Gasteiger charge is 2.36. The third-order valence-corrected chi connectivity index (χ3v) is 3.08. The van der Waals surface area contributed by atoms with Gasteiger partial charge in [0.05, 0.1) is 6.04 Å². The van der Waals surface area contributed by atoms with Gasteiger partial charge in [-0.25, -0.2) is 0 Å². The summed E-state index contributed by atoms with van der Waals surface area (Å²) in [6.45, 7) is 2.72. The van der Waals surface area contributed by atoms with Crippen LogP contribution < -0.4 is 5.32 Å². The van der Waals surface area contributed by atoms with Gasteiger partial charge in [-0.1, -0.05) is 0 Å². The van der Waals surface area contributed by atoms with Crippen molar-refractivity contribution in [3.63, 3.8) is 0 Å². The molecule has 1 amide bonds. The van der Waals surface area contributed by atoms with E-state index < -0.39 is 0 Å². The molecule has 2 rings (SSSR count). The van der Waals surface area contributed by atoms with E-state index in [-0.39, 0.29) is 6.04 Å². The van der Waals surface area contributed by atoms with Crippen molar-refractivity contribution in [2.75, 3.05) is 33.7 Å². The van der Waals surface area contributed by atoms with E-state index in [0.717, 1.165) is 26.1 Å². The molecule has 0 aromatic heterocycles. The molecule has 0 aromatic rings. The van der Waals surface area contributed by atoms with E-state index in [0.29, 0.717) is 11.9 Å². The minimum atomic E-state index is 0.00287. The molecule has 1 saturated carbocycles. The second kappa shape index (κ2) is 4.49. The van der Waals surface area contributed by atoms with Gasteiger partial charge < -0.3 is 15.1 Å². The second-order valence-corrected chi connectivity index (χ2v) is 4.89. The number of nitrogens with one attached hydrogen (secondary N) is 1. The molecular weight excluding hydrogens is 190 g/mol. The van der Waals surface area contributed by atoms with Gasteiger partial charge in [-0.15, -0.1) is 0 Å². The highest BCUT2D eigenvalue weighted by molar-refractivity contribution is 5.83. The average Bonchev–Trinajstić information content (AvgIpc) is 2.96. The smallest absolute Gasteiger partial charge is 0.241 e. The molecular formula is C11H21N3O. The first-order valence-electron chi connectivity index (χ1n) is 5.87. The standard InChI is InChI=1S/C11H21N3O/c1-13(2)8-10-11(15)14(9-4-5-9)7-3-6-12-10/h9-10,12H,3-8H2,1-2H3. The van der Waals surface area contributed by atoms with Crippen LogP contribution in [-0.4, -0.2) is 61.5 Å². The largest absolute Gasteiger partial charge is 0.338 e. The first kappa shape index (κ1) is 10.9. The van der Waals surface area contributed by atoms with Gasteiger partial charge in [0.15, 0.2) is 0 Å². The molecule has 1 atom stereocenters. The molecule has 4 nitrogen and oxygen atoms in total. The summed E-state index contributed by atoms with van der Waals surface area (Å²) >= 11 is 0. The van der Waals surface area contributed by atoms with Gasteiger partial charge in [0.1, 0.15) is 0 Å². The van der Waals surface area contributed by atoms with Gasteiger partial charge in [0.2, 0.25) is 5.91 Å². The molecule has 0 spiro atoms. The van der Waals surface area contributed by atoms with E-state index in [1.54, 1.807) is 0 Å². The van der Waals surface area contributed by atoms with Crippen LogP contribution in [0.5, 0.6) is 0 Å². The fourth-order valence-electron chi connectivity index (χ4n) is 2.18. The van der Waals surface area contributed by atoms with Crippen LogP contribution in [0.15, 0.2) is 0 Å². The molecule has 0 bridgehead atoms. The lowest BCUT2D eigenvalue weighted by molar-refractivity contribution is -0.133. The van der Waals surface area contributed by atoms with E-state index >= 15 is 0 Å². The van der Waals surface area contributed by atoms with Gasteiger partial charge in [0.25, 0.3) is 0 Å². The monoisotopic (exact) mass is 211 g/mol. The number of carbonyl (C=O) groups excluding carboxylic acids is 1. The zero-order chi connectivity index (χ0) is 10.8. The van der Waals surface area contributed by atoms with E-state index in [1.165, 1.54) is 12.8 Å². The van der Waals surface area contributed by atoms with Crippen LogP contribution >= 0.6 is 0 Å². The molecule has 2 fully saturated rings. The normalized spacial score (nSPS) is 28.3. The van der Waals surface area contributed by atoms with Gasteiger partial charge in [-0.2, -0.15) is 0 Å². The first-order valence-corrected chi connectivity index (χ1v) is 5.87. The topological polar surface area (TPSA) is 35.6 Å². The molecule has 1 aliphatic carbocycles. The van der Waals surface area contributed by atoms with E-state index in [9.17, 15) is 4.79 Å². The SMILES string of the molecule is CN(C)CC1NCCCN(C2CC2)C1=O. The number of likely N-dealkylation sites (N-methyl/N-ethyl adjacent to an activating group) is 1. The average molecular weight is 211 g/mol. The van der Waals surface area contributed by atoms with Crippen molar-refractivity contribution in [1.29, 1.82) is 0 Å². The predicted octanol–water partition coefficient (Wildman–Crippen LogP) is -0.0991. The molecule has 2 aliphatic rings. The van der Waals surface area contributed by atoms with Crippen molar-refractivity contribution in [2.24, 2.45) is 0 Å². The quantitative estimate of drug-likeness (QED) is 0.708. The Balaban J connectivity index is 1.99. The lowest BCUT2D eigenvalue weighted by Crippen LogP contribution is -2.49. The molecule has 4 heteroatoms. The van der Waals surface area contributed by atoms with E-state index in [4.69, 9.17) is 0 Å². The van der Waals surface area contributed by atoms with Crippen molar-refractivity contribution in [2.45, 2.75) is 31.3 Å². The van der Waals surface area contributed by atoms with Crippen molar-refractivity contribution in [1.82, 2.24) is 15.1 Å². The van der Waals surface area contributed by atoms with Crippen LogP contribution in [-0.2, 0) is 4.79 Å². The van der Waals surface area contributed by atoms with Gasteiger partial charge in [-0.05, 0) is 39.9 Å². The van der Waals surface area contributed by atoms with Crippen LogP contribution in [0, 0.1) is 0 Å². The summed E-state index contributed by atoms with van der Waals surface area (Å²) in [5.41, 5.74) is 0. The second-order valence-electron chi connectivity index (χ2n) is 4.89. The molecule has 1 aliphatic heterocycles. The molecule has 86 valence electrons. The van der Waals surface area contributed by atoms with Crippen molar-refractivity contribution >= 4 is 5.91 Å². The van der Waals surface area contributed by atoms with Crippen LogP contribution in [0.25, 0.3) is 0 Å². The fraction of sp³-hybridized carbons (Fsp3) is 0.909. The molecule has 15 heavy (non-hydrogen) atoms. The van der Waals surface area contributed by atoms with Crippen molar-refractivity contribution in [3.05, 3.63) is 0 Å². The summed E-state index contributed by atoms with van der Waals surface area (Å²) in [6, 6.07) is 0.560. The Morgan fingerprint density at radius 1 is 1.47 bits per heavy atom. The Labute approximate surface area is 91.6 Å². The zero-order valence-corrected chi connectivity index (χ0v) is 9.70. The summed E-state index contributed by atoms with van der Waals surface area (Å²) in [4.78, 5) is 16.4. The summed E-state index contributed by atoms with van der Waals surface area (Å²) in [6.07, 6.45) is 3.51. The number of hydrogen-bond donors (Lipinski definition) is 1. The maximum absolute atomic E-state index is 12.2. The third kappa shape index (κ3) is 2.69. The minimum absolute atomic E-state index is 0.00287. The Morgan fingerprint density at radius 3 is 2.80 bits per heavy atom. The Kier molecular flexibility index (Phi) is 3.26. The maximum Gasteiger partial charge on any atom is 0.241 e. The van der Waals surface area contributed by atoms with Crippen LogP contribution in [0.4, 0.5) is 0 Å². The summed E-state index contributed by atoms with van der Waals surface area (Å²) in [5.74, 6) is 0.309. The number of hydrogen-bond acceptors (Lipinski definition) is 3. The minimum Gasteiger partial charge on any atom is -0.338 e. The summed E-state index contributed by atoms with van der Waals surface area (Å²) in [7, 11) is 4.03. The zero-order valence-electron chi connectivity index (χ0n) is 9.70. The Hall–Kier alpha value is -0.610. The first-order chi connectivity index (χ1) is 7.18. The third-order valence-electron chi connectivity index (χ3n) is 3.08. The number of nitrogens with zero attached hydrogens (tertiary/aromatic N) is 2. The van der Waals surface area contributed by atoms with Crippen molar-refractivity contribution in [3.8, 4) is 0 Å². The lowest BCUT2D eigenvalue weighted by atomic mass is 10.2. The fourth-order valence-corrected chi connectivity index (χ4v) is 2.18. The molecule has 0 radical (unpaired) electrons. The summed E-state index contributed by atoms with van der Waals surface area (Å²) < 4.78 is 0. The Morgan fingerprint density at radius 2 is 2.20 bits per heavy atom. The summed E-state index contributed by atoms with van der Waals surface area (Å²) in [5, 5.41) is 3.34. The highest BCUT2D eigenvalue weighted by Crippen LogP contribution is 2.28. The van der Waals surface area contributed by atoms with Gasteiger partial charge in [-0.3, -0.25) is 4.79 Å². The predicted molar refractivity (Wildman–Crippen MR) is 59.7 cm³/mol. The number of carbonyl (C=O) groups is 1. The maximum atomic E-state index is 12.2. The molecule has 1 N–H and O–H groups in total. The highest BCUT2D eigenvalue weighted by atomic mass is 16.2. The number of amides is 1. The van der Waals surface area contributed by atoms with Crippen LogP contribution in [0.3, 0.4) is 0 Å². The van der Waals surface area contributed by atoms with E-state index in [2.05, 4.69) is 15.1 Å². The lowest BCUT2D eigenvalue weighted by Gasteiger charge is -2.25. The molecule has 1 saturated heterocycles. The molecule has 1 unspecified atom stereocenters. The molecule has 0 aromatic carbocycles. The van der Waals surface area contributed by atoms with Gasteiger partial charge >= 0.3 is 0 Å². The van der Waals surface area contributed by atoms with Crippen molar-refractivity contribution < 1.29 is 4.79 Å². The van der Waals surface area contributed by atoms with Crippen LogP contribution in [0.1, 0.15) is 19.3 Å². The van der Waals surface area contributed by atoms with Gasteiger partial charge in [0, 0.05) is 19.1 Å².